The summed E-state index contributed by atoms with van der Waals surface area (Å²) in [4.78, 5) is 12.9. The van der Waals surface area contributed by atoms with Crippen molar-refractivity contribution in [3.05, 3.63) is 89.5 Å². The number of sulfonamides is 1. The monoisotopic (exact) mass is 361 g/mol. The lowest BCUT2D eigenvalue weighted by atomic mass is 9.91. The number of carbonyl (C=O) groups is 1. The molecule has 1 N–H and O–H groups in total. The first-order valence-corrected chi connectivity index (χ1v) is 9.44. The molecule has 0 aliphatic heterocycles. The van der Waals surface area contributed by atoms with Gasteiger partial charge in [0.2, 0.25) is 0 Å². The van der Waals surface area contributed by atoms with E-state index in [1.165, 1.54) is 24.3 Å². The molecule has 0 aromatic heterocycles. The van der Waals surface area contributed by atoms with Gasteiger partial charge in [-0.05, 0) is 25.1 Å². The van der Waals surface area contributed by atoms with Crippen LogP contribution in [0.3, 0.4) is 0 Å². The molecule has 0 saturated heterocycles. The van der Waals surface area contributed by atoms with Crippen LogP contribution >= 0.6 is 0 Å². The van der Waals surface area contributed by atoms with E-state index in [0.29, 0.717) is 11.0 Å². The zero-order valence-electron chi connectivity index (χ0n) is 14.1. The first-order chi connectivity index (χ1) is 12.4. The minimum Gasteiger partial charge on any atom is -0.289 e. The lowest BCUT2D eigenvalue weighted by Gasteiger charge is -2.13. The molecule has 0 aliphatic rings. The number of nitrogens with one attached hydrogen (secondary N) is 1. The molecule has 3 aromatic rings. The van der Waals surface area contributed by atoms with E-state index in [4.69, 9.17) is 7.85 Å². The summed E-state index contributed by atoms with van der Waals surface area (Å²) in [5.74, 6) is -0.306. The first kappa shape index (κ1) is 18.0. The van der Waals surface area contributed by atoms with E-state index < -0.39 is 10.0 Å². The Kier molecular flexibility index (Phi) is 4.95. The fourth-order valence-electron chi connectivity index (χ4n) is 2.50. The second kappa shape index (κ2) is 7.18. The van der Waals surface area contributed by atoms with Crippen LogP contribution < -0.4 is 10.2 Å². The molecule has 3 aromatic carbocycles. The summed E-state index contributed by atoms with van der Waals surface area (Å²) in [5, 5.41) is 0. The minimum absolute atomic E-state index is 0.123. The van der Waals surface area contributed by atoms with Gasteiger partial charge in [0.25, 0.3) is 10.0 Å². The molecule has 26 heavy (non-hydrogen) atoms. The topological polar surface area (TPSA) is 63.2 Å². The minimum atomic E-state index is -3.82. The predicted octanol–water partition coefficient (Wildman–Crippen LogP) is 2.82. The molecule has 0 aliphatic carbocycles. The smallest absolute Gasteiger partial charge is 0.261 e. The van der Waals surface area contributed by atoms with E-state index in [1.807, 2.05) is 6.92 Å². The van der Waals surface area contributed by atoms with Gasteiger partial charge in [0.1, 0.15) is 7.85 Å². The average molecular weight is 361 g/mol. The van der Waals surface area contributed by atoms with Crippen molar-refractivity contribution in [3.63, 3.8) is 0 Å². The molecule has 0 saturated carbocycles. The molecular formula is C20H16BNO3S. The number of rotatable bonds is 5. The van der Waals surface area contributed by atoms with Crippen molar-refractivity contribution >= 4 is 34.8 Å². The van der Waals surface area contributed by atoms with Gasteiger partial charge in [-0.25, -0.2) is 8.42 Å². The molecule has 0 spiro atoms. The second-order valence-corrected chi connectivity index (χ2v) is 7.60. The van der Waals surface area contributed by atoms with Crippen LogP contribution in [-0.2, 0) is 10.0 Å². The van der Waals surface area contributed by atoms with Crippen LogP contribution in [0, 0.1) is 6.92 Å². The highest BCUT2D eigenvalue weighted by atomic mass is 32.2. The van der Waals surface area contributed by atoms with Crippen molar-refractivity contribution in [1.82, 2.24) is 0 Å². The highest BCUT2D eigenvalue weighted by Crippen LogP contribution is 2.22. The van der Waals surface area contributed by atoms with Crippen LogP contribution in [0.1, 0.15) is 21.5 Å². The number of carbonyl (C=O) groups excluding carboxylic acids is 1. The van der Waals surface area contributed by atoms with Crippen LogP contribution in [0.25, 0.3) is 0 Å². The number of anilines is 1. The normalized spacial score (nSPS) is 11.1. The maximum Gasteiger partial charge on any atom is 0.261 e. The molecule has 0 atom stereocenters. The van der Waals surface area contributed by atoms with Gasteiger partial charge in [0.05, 0.1) is 10.6 Å². The van der Waals surface area contributed by atoms with Crippen molar-refractivity contribution < 1.29 is 13.2 Å². The fraction of sp³-hybridized carbons (Fsp3) is 0.0500. The Morgan fingerprint density at radius 3 is 2.23 bits per heavy atom. The van der Waals surface area contributed by atoms with E-state index in [0.717, 1.165) is 5.56 Å². The highest BCUT2D eigenvalue weighted by molar-refractivity contribution is 7.92. The first-order valence-electron chi connectivity index (χ1n) is 7.95. The van der Waals surface area contributed by atoms with Gasteiger partial charge in [0, 0.05) is 11.1 Å². The molecule has 3 rings (SSSR count). The summed E-state index contributed by atoms with van der Waals surface area (Å²) < 4.78 is 27.8. The van der Waals surface area contributed by atoms with E-state index in [9.17, 15) is 13.2 Å². The van der Waals surface area contributed by atoms with Crippen LogP contribution in [-0.4, -0.2) is 22.0 Å². The number of hydrogen-bond acceptors (Lipinski definition) is 3. The Bertz CT molecular complexity index is 1050. The van der Waals surface area contributed by atoms with Gasteiger partial charge in [-0.1, -0.05) is 65.6 Å². The number of hydrogen-bond donors (Lipinski definition) is 1. The Labute approximate surface area is 154 Å². The third-order valence-corrected chi connectivity index (χ3v) is 5.28. The lowest BCUT2D eigenvalue weighted by Crippen LogP contribution is -2.18. The quantitative estimate of drug-likeness (QED) is 0.562. The third-order valence-electron chi connectivity index (χ3n) is 3.90. The van der Waals surface area contributed by atoms with Crippen molar-refractivity contribution in [2.75, 3.05) is 4.72 Å². The number of ketones is 1. The molecular weight excluding hydrogens is 345 g/mol. The van der Waals surface area contributed by atoms with Crippen LogP contribution in [0.15, 0.2) is 77.7 Å². The Hall–Kier alpha value is -2.86. The maximum absolute atomic E-state index is 12.8. The second-order valence-electron chi connectivity index (χ2n) is 5.92. The van der Waals surface area contributed by atoms with Crippen molar-refractivity contribution in [2.24, 2.45) is 0 Å². The molecule has 0 bridgehead atoms. The molecule has 0 heterocycles. The molecule has 4 nitrogen and oxygen atoms in total. The van der Waals surface area contributed by atoms with Gasteiger partial charge in [-0.3, -0.25) is 9.52 Å². The fourth-order valence-corrected chi connectivity index (χ4v) is 3.58. The van der Waals surface area contributed by atoms with Gasteiger partial charge in [-0.15, -0.1) is 0 Å². The highest BCUT2D eigenvalue weighted by Gasteiger charge is 2.19. The molecule has 0 amide bonds. The zero-order chi connectivity index (χ0) is 18.7. The summed E-state index contributed by atoms with van der Waals surface area (Å²) in [6.45, 7) is 1.88. The SMILES string of the molecule is [B]c1ccc(NS(=O)(=O)c2ccc(C)cc2)c(C(=O)c2ccccc2)c1. The summed E-state index contributed by atoms with van der Waals surface area (Å²) >= 11 is 0. The molecule has 2 radical (unpaired) electrons. The van der Waals surface area contributed by atoms with Crippen molar-refractivity contribution in [3.8, 4) is 0 Å². The standard InChI is InChI=1S/C20H16BNO3S/c1-14-7-10-17(11-8-14)26(24,25)22-19-12-9-16(21)13-18(19)20(23)15-5-3-2-4-6-15/h2-13,22H,1H3. The number of benzene rings is 3. The molecule has 0 unspecified atom stereocenters. The summed E-state index contributed by atoms with van der Waals surface area (Å²) in [5.41, 5.74) is 2.17. The third kappa shape index (κ3) is 3.86. The van der Waals surface area contributed by atoms with Crippen LogP contribution in [0.4, 0.5) is 5.69 Å². The van der Waals surface area contributed by atoms with E-state index >= 15 is 0 Å². The zero-order valence-corrected chi connectivity index (χ0v) is 15.0. The Morgan fingerprint density at radius 2 is 1.58 bits per heavy atom. The lowest BCUT2D eigenvalue weighted by molar-refractivity contribution is 0.103. The van der Waals surface area contributed by atoms with E-state index in [1.54, 1.807) is 48.5 Å². The van der Waals surface area contributed by atoms with Crippen molar-refractivity contribution in [1.29, 1.82) is 0 Å². The molecule has 128 valence electrons. The molecule has 6 heteroatoms. The van der Waals surface area contributed by atoms with Crippen LogP contribution in [0.2, 0.25) is 0 Å². The predicted molar refractivity (Wildman–Crippen MR) is 104 cm³/mol. The van der Waals surface area contributed by atoms with Crippen molar-refractivity contribution in [2.45, 2.75) is 11.8 Å². The summed E-state index contributed by atoms with van der Waals surface area (Å²) in [6.07, 6.45) is 0. The molecule has 0 fully saturated rings. The van der Waals surface area contributed by atoms with E-state index in [2.05, 4.69) is 4.72 Å². The maximum atomic E-state index is 12.8. The largest absolute Gasteiger partial charge is 0.289 e. The van der Waals surface area contributed by atoms with Gasteiger partial charge in [0.15, 0.2) is 5.78 Å². The van der Waals surface area contributed by atoms with Gasteiger partial charge < -0.3 is 0 Å². The summed E-state index contributed by atoms with van der Waals surface area (Å²) in [7, 11) is 1.98. The Morgan fingerprint density at radius 1 is 0.923 bits per heavy atom. The number of aryl methyl sites for hydroxylation is 1. The Balaban J connectivity index is 2.01. The van der Waals surface area contributed by atoms with Gasteiger partial charge >= 0.3 is 0 Å². The summed E-state index contributed by atoms with van der Waals surface area (Å²) in [6, 6.07) is 19.6. The van der Waals surface area contributed by atoms with E-state index in [-0.39, 0.29) is 21.9 Å². The van der Waals surface area contributed by atoms with Crippen LogP contribution in [0.5, 0.6) is 0 Å². The average Bonchev–Trinajstić information content (AvgIpc) is 2.63. The van der Waals surface area contributed by atoms with Gasteiger partial charge in [-0.2, -0.15) is 0 Å².